The second-order valence-corrected chi connectivity index (χ2v) is 5.26. The SMILES string of the molecule is Cc1cc(C)nc(Sc2cc(Br)ncn2)c1. The largest absolute Gasteiger partial charge is 0.246 e. The van der Waals surface area contributed by atoms with Crippen molar-refractivity contribution in [2.45, 2.75) is 23.9 Å². The van der Waals surface area contributed by atoms with Gasteiger partial charge < -0.3 is 0 Å². The van der Waals surface area contributed by atoms with Gasteiger partial charge in [-0.05, 0) is 59.2 Å². The molecule has 2 aromatic rings. The zero-order valence-electron chi connectivity index (χ0n) is 8.94. The van der Waals surface area contributed by atoms with Crippen LogP contribution in [0.25, 0.3) is 0 Å². The van der Waals surface area contributed by atoms with Crippen LogP contribution >= 0.6 is 27.7 Å². The summed E-state index contributed by atoms with van der Waals surface area (Å²) in [6, 6.07) is 5.98. The Hall–Kier alpha value is -0.940. The highest BCUT2D eigenvalue weighted by atomic mass is 79.9. The van der Waals surface area contributed by atoms with Gasteiger partial charge in [-0.2, -0.15) is 0 Å². The van der Waals surface area contributed by atoms with Crippen LogP contribution in [-0.4, -0.2) is 15.0 Å². The molecule has 0 amide bonds. The molecule has 0 aliphatic heterocycles. The molecule has 0 radical (unpaired) electrons. The van der Waals surface area contributed by atoms with E-state index in [0.717, 1.165) is 20.3 Å². The molecule has 0 aliphatic rings. The van der Waals surface area contributed by atoms with Crippen molar-refractivity contribution >= 4 is 27.7 Å². The molecule has 0 bridgehead atoms. The third-order valence-electron chi connectivity index (χ3n) is 1.89. The lowest BCUT2D eigenvalue weighted by Crippen LogP contribution is -1.88. The summed E-state index contributed by atoms with van der Waals surface area (Å²) in [4.78, 5) is 12.6. The van der Waals surface area contributed by atoms with Crippen molar-refractivity contribution in [3.63, 3.8) is 0 Å². The molecule has 0 unspecified atom stereocenters. The zero-order valence-corrected chi connectivity index (χ0v) is 11.3. The average Bonchev–Trinajstić information content (AvgIpc) is 2.15. The number of nitrogens with zero attached hydrogens (tertiary/aromatic N) is 3. The minimum absolute atomic E-state index is 0.786. The van der Waals surface area contributed by atoms with Gasteiger partial charge in [0, 0.05) is 11.8 Å². The van der Waals surface area contributed by atoms with Gasteiger partial charge in [0.1, 0.15) is 21.0 Å². The molecule has 3 nitrogen and oxygen atoms in total. The molecule has 0 spiro atoms. The summed E-state index contributed by atoms with van der Waals surface area (Å²) in [5.74, 6) is 0. The van der Waals surface area contributed by atoms with Gasteiger partial charge in [0.2, 0.25) is 0 Å². The highest BCUT2D eigenvalue weighted by Gasteiger charge is 2.02. The lowest BCUT2D eigenvalue weighted by Gasteiger charge is -2.03. The maximum absolute atomic E-state index is 4.45. The number of hydrogen-bond donors (Lipinski definition) is 0. The van der Waals surface area contributed by atoms with Gasteiger partial charge in [-0.25, -0.2) is 15.0 Å². The van der Waals surface area contributed by atoms with Crippen LogP contribution in [0.2, 0.25) is 0 Å². The molecule has 16 heavy (non-hydrogen) atoms. The predicted molar refractivity (Wildman–Crippen MR) is 67.6 cm³/mol. The summed E-state index contributed by atoms with van der Waals surface area (Å²) < 4.78 is 0.786. The van der Waals surface area contributed by atoms with Gasteiger partial charge >= 0.3 is 0 Å². The van der Waals surface area contributed by atoms with Gasteiger partial charge in [0.05, 0.1) is 0 Å². The molecule has 2 aromatic heterocycles. The van der Waals surface area contributed by atoms with Crippen molar-refractivity contribution in [1.82, 2.24) is 15.0 Å². The van der Waals surface area contributed by atoms with Crippen LogP contribution in [-0.2, 0) is 0 Å². The summed E-state index contributed by atoms with van der Waals surface area (Å²) in [5.41, 5.74) is 2.23. The molecule has 82 valence electrons. The summed E-state index contributed by atoms with van der Waals surface area (Å²) in [5, 5.41) is 1.85. The number of halogens is 1. The summed E-state index contributed by atoms with van der Waals surface area (Å²) >= 11 is 4.86. The highest BCUT2D eigenvalue weighted by molar-refractivity contribution is 9.10. The van der Waals surface area contributed by atoms with Gasteiger partial charge in [-0.3, -0.25) is 0 Å². The summed E-state index contributed by atoms with van der Waals surface area (Å²) in [6.07, 6.45) is 1.54. The maximum Gasteiger partial charge on any atom is 0.118 e. The third kappa shape index (κ3) is 3.02. The first-order valence-corrected chi connectivity index (χ1v) is 6.35. The second kappa shape index (κ2) is 4.93. The Morgan fingerprint density at radius 1 is 1.06 bits per heavy atom. The molecule has 0 fully saturated rings. The molecule has 0 aliphatic carbocycles. The van der Waals surface area contributed by atoms with E-state index in [1.165, 1.54) is 23.7 Å². The van der Waals surface area contributed by atoms with Crippen LogP contribution in [0.1, 0.15) is 11.3 Å². The molecule has 5 heteroatoms. The molecule has 0 saturated carbocycles. The Balaban J connectivity index is 2.27. The topological polar surface area (TPSA) is 38.7 Å². The smallest absolute Gasteiger partial charge is 0.118 e. The van der Waals surface area contributed by atoms with E-state index in [1.54, 1.807) is 0 Å². The normalized spacial score (nSPS) is 10.4. The zero-order chi connectivity index (χ0) is 11.5. The van der Waals surface area contributed by atoms with Crippen molar-refractivity contribution in [3.05, 3.63) is 40.4 Å². The number of pyridine rings is 1. The van der Waals surface area contributed by atoms with Gasteiger partial charge in [0.15, 0.2) is 0 Å². The first-order chi connectivity index (χ1) is 7.63. The second-order valence-electron chi connectivity index (χ2n) is 3.41. The number of aryl methyl sites for hydroxylation is 2. The third-order valence-corrected chi connectivity index (χ3v) is 3.18. The van der Waals surface area contributed by atoms with Crippen molar-refractivity contribution in [1.29, 1.82) is 0 Å². The van der Waals surface area contributed by atoms with Crippen LogP contribution in [0.4, 0.5) is 0 Å². The fourth-order valence-electron chi connectivity index (χ4n) is 1.34. The highest BCUT2D eigenvalue weighted by Crippen LogP contribution is 2.26. The van der Waals surface area contributed by atoms with Crippen LogP contribution in [0.3, 0.4) is 0 Å². The molecule has 2 rings (SSSR count). The number of hydrogen-bond acceptors (Lipinski definition) is 4. The summed E-state index contributed by atoms with van der Waals surface area (Å²) in [7, 11) is 0. The van der Waals surface area contributed by atoms with E-state index in [1.807, 2.05) is 19.1 Å². The first kappa shape index (κ1) is 11.5. The van der Waals surface area contributed by atoms with Crippen LogP contribution < -0.4 is 0 Å². The van der Waals surface area contributed by atoms with Gasteiger partial charge in [-0.1, -0.05) is 0 Å². The van der Waals surface area contributed by atoms with Gasteiger partial charge in [-0.15, -0.1) is 0 Å². The fraction of sp³-hybridized carbons (Fsp3) is 0.182. The quantitative estimate of drug-likeness (QED) is 0.796. The maximum atomic E-state index is 4.45. The van der Waals surface area contributed by atoms with E-state index < -0.39 is 0 Å². The van der Waals surface area contributed by atoms with E-state index in [9.17, 15) is 0 Å². The van der Waals surface area contributed by atoms with E-state index in [0.29, 0.717) is 0 Å². The Morgan fingerprint density at radius 2 is 1.88 bits per heavy atom. The molecule has 0 N–H and O–H groups in total. The van der Waals surface area contributed by atoms with Crippen molar-refractivity contribution in [2.24, 2.45) is 0 Å². The Morgan fingerprint density at radius 3 is 2.56 bits per heavy atom. The number of rotatable bonds is 2. The summed E-state index contributed by atoms with van der Waals surface area (Å²) in [6.45, 7) is 4.06. The molecular formula is C11H10BrN3S. The molecule has 2 heterocycles. The van der Waals surface area contributed by atoms with Crippen LogP contribution in [0, 0.1) is 13.8 Å². The number of aromatic nitrogens is 3. The lowest BCUT2D eigenvalue weighted by molar-refractivity contribution is 1.01. The van der Waals surface area contributed by atoms with Crippen molar-refractivity contribution in [3.8, 4) is 0 Å². The molecule has 0 aromatic carbocycles. The van der Waals surface area contributed by atoms with Gasteiger partial charge in [0.25, 0.3) is 0 Å². The molecular weight excluding hydrogens is 286 g/mol. The molecule has 0 atom stereocenters. The van der Waals surface area contributed by atoms with Crippen molar-refractivity contribution < 1.29 is 0 Å². The Labute approximate surface area is 107 Å². The predicted octanol–water partition coefficient (Wildman–Crippen LogP) is 3.40. The minimum atomic E-state index is 0.786. The standard InChI is InChI=1S/C11H10BrN3S/c1-7-3-8(2)15-11(4-7)16-10-5-9(12)13-6-14-10/h3-6H,1-2H3. The Kier molecular flexibility index (Phi) is 3.56. The Bertz CT molecular complexity index is 496. The fourth-order valence-corrected chi connectivity index (χ4v) is 2.72. The van der Waals surface area contributed by atoms with E-state index in [2.05, 4.69) is 43.9 Å². The first-order valence-electron chi connectivity index (χ1n) is 4.74. The van der Waals surface area contributed by atoms with Crippen molar-refractivity contribution in [2.75, 3.05) is 0 Å². The van der Waals surface area contributed by atoms with Crippen LogP contribution in [0.15, 0.2) is 39.2 Å². The van der Waals surface area contributed by atoms with E-state index in [4.69, 9.17) is 0 Å². The van der Waals surface area contributed by atoms with Crippen LogP contribution in [0.5, 0.6) is 0 Å². The molecule has 0 saturated heterocycles. The monoisotopic (exact) mass is 295 g/mol. The van der Waals surface area contributed by atoms with E-state index >= 15 is 0 Å². The lowest BCUT2D eigenvalue weighted by atomic mass is 10.3. The minimum Gasteiger partial charge on any atom is -0.246 e. The average molecular weight is 296 g/mol. The van der Waals surface area contributed by atoms with E-state index in [-0.39, 0.29) is 0 Å².